The summed E-state index contributed by atoms with van der Waals surface area (Å²) in [5.74, 6) is 0.692. The fourth-order valence-corrected chi connectivity index (χ4v) is 1.94. The molecule has 1 rings (SSSR count). The Balaban J connectivity index is 2.36. The predicted molar refractivity (Wildman–Crippen MR) is 72.9 cm³/mol. The number of benzene rings is 1. The van der Waals surface area contributed by atoms with Gasteiger partial charge in [0.15, 0.2) is 0 Å². The minimum Gasteiger partial charge on any atom is -0.374 e. The Labute approximate surface area is 105 Å². The first-order valence-corrected chi connectivity index (χ1v) is 6.51. The lowest BCUT2D eigenvalue weighted by Crippen LogP contribution is -2.11. The molecule has 0 aromatic heterocycles. The lowest BCUT2D eigenvalue weighted by Gasteiger charge is -2.15. The predicted octanol–water partition coefficient (Wildman–Crippen LogP) is 3.14. The van der Waals surface area contributed by atoms with E-state index >= 15 is 0 Å². The summed E-state index contributed by atoms with van der Waals surface area (Å²) in [5, 5.41) is 0. The highest BCUT2D eigenvalue weighted by Gasteiger charge is 2.05. The molecule has 0 spiro atoms. The molecule has 1 unspecified atom stereocenters. The van der Waals surface area contributed by atoms with Crippen LogP contribution < -0.4 is 5.73 Å². The Morgan fingerprint density at radius 2 is 1.65 bits per heavy atom. The lowest BCUT2D eigenvalue weighted by molar-refractivity contribution is 0.0397. The standard InChI is InChI=1S/C15H25NO/c1-12(2)10-13(3)17-11-15-6-4-14(5-7-15)8-9-16/h4-7,12-13H,8-11,16H2,1-3H3. The molecule has 2 nitrogen and oxygen atoms in total. The first-order chi connectivity index (χ1) is 8.11. The van der Waals surface area contributed by atoms with Gasteiger partial charge in [0.2, 0.25) is 0 Å². The van der Waals surface area contributed by atoms with E-state index < -0.39 is 0 Å². The van der Waals surface area contributed by atoms with Crippen LogP contribution in [0.1, 0.15) is 38.3 Å². The molecule has 2 N–H and O–H groups in total. The van der Waals surface area contributed by atoms with Gasteiger partial charge in [0, 0.05) is 0 Å². The second kappa shape index (κ2) is 7.46. The Hall–Kier alpha value is -0.860. The van der Waals surface area contributed by atoms with E-state index in [1.165, 1.54) is 11.1 Å². The van der Waals surface area contributed by atoms with E-state index in [0.29, 0.717) is 25.2 Å². The van der Waals surface area contributed by atoms with Crippen LogP contribution in [0.25, 0.3) is 0 Å². The Morgan fingerprint density at radius 3 is 2.18 bits per heavy atom. The highest BCUT2D eigenvalue weighted by atomic mass is 16.5. The molecule has 2 heteroatoms. The van der Waals surface area contributed by atoms with Gasteiger partial charge in [-0.05, 0) is 43.4 Å². The van der Waals surface area contributed by atoms with E-state index in [0.717, 1.165) is 12.8 Å². The monoisotopic (exact) mass is 235 g/mol. The van der Waals surface area contributed by atoms with Crippen LogP contribution in [0, 0.1) is 5.92 Å². The molecule has 0 aliphatic rings. The third kappa shape index (κ3) is 5.85. The maximum atomic E-state index is 5.81. The molecule has 1 aromatic carbocycles. The molecule has 17 heavy (non-hydrogen) atoms. The molecule has 0 saturated heterocycles. The van der Waals surface area contributed by atoms with Crippen LogP contribution in [0.3, 0.4) is 0 Å². The highest BCUT2D eigenvalue weighted by Crippen LogP contribution is 2.11. The molecular formula is C15H25NO. The summed E-state index contributed by atoms with van der Waals surface area (Å²) >= 11 is 0. The largest absolute Gasteiger partial charge is 0.374 e. The van der Waals surface area contributed by atoms with Crippen LogP contribution in [0.5, 0.6) is 0 Å². The molecule has 0 aliphatic heterocycles. The van der Waals surface area contributed by atoms with Gasteiger partial charge in [0.05, 0.1) is 12.7 Å². The maximum Gasteiger partial charge on any atom is 0.0720 e. The molecule has 0 saturated carbocycles. The van der Waals surface area contributed by atoms with Gasteiger partial charge in [-0.2, -0.15) is 0 Å². The quantitative estimate of drug-likeness (QED) is 0.788. The average Bonchev–Trinajstić information content (AvgIpc) is 2.28. The van der Waals surface area contributed by atoms with Crippen molar-refractivity contribution in [1.29, 1.82) is 0 Å². The summed E-state index contributed by atoms with van der Waals surface area (Å²) in [5.41, 5.74) is 8.05. The first kappa shape index (κ1) is 14.2. The van der Waals surface area contributed by atoms with E-state index in [-0.39, 0.29) is 0 Å². The van der Waals surface area contributed by atoms with Crippen LogP contribution in [0.4, 0.5) is 0 Å². The summed E-state index contributed by atoms with van der Waals surface area (Å²) in [6, 6.07) is 8.54. The van der Waals surface area contributed by atoms with Crippen molar-refractivity contribution in [2.24, 2.45) is 11.7 Å². The Kier molecular flexibility index (Phi) is 6.23. The number of hydrogen-bond donors (Lipinski definition) is 1. The van der Waals surface area contributed by atoms with Crippen molar-refractivity contribution in [1.82, 2.24) is 0 Å². The fourth-order valence-electron chi connectivity index (χ4n) is 1.94. The van der Waals surface area contributed by atoms with Crippen molar-refractivity contribution < 1.29 is 4.74 Å². The first-order valence-electron chi connectivity index (χ1n) is 6.51. The van der Waals surface area contributed by atoms with Crippen LogP contribution in [0.15, 0.2) is 24.3 Å². The second-order valence-electron chi connectivity index (χ2n) is 5.11. The summed E-state index contributed by atoms with van der Waals surface area (Å²) in [7, 11) is 0. The van der Waals surface area contributed by atoms with Crippen LogP contribution in [-0.2, 0) is 17.8 Å². The van der Waals surface area contributed by atoms with Crippen molar-refractivity contribution >= 4 is 0 Å². The van der Waals surface area contributed by atoms with Crippen molar-refractivity contribution in [2.45, 2.75) is 46.3 Å². The summed E-state index contributed by atoms with van der Waals surface area (Å²) < 4.78 is 5.81. The molecule has 0 amide bonds. The number of ether oxygens (including phenoxy) is 1. The van der Waals surface area contributed by atoms with E-state index in [2.05, 4.69) is 45.0 Å². The zero-order valence-electron chi connectivity index (χ0n) is 11.3. The Morgan fingerprint density at radius 1 is 1.06 bits per heavy atom. The number of hydrogen-bond acceptors (Lipinski definition) is 2. The van der Waals surface area contributed by atoms with Crippen molar-refractivity contribution in [3.05, 3.63) is 35.4 Å². The van der Waals surface area contributed by atoms with E-state index in [1.54, 1.807) is 0 Å². The molecule has 1 atom stereocenters. The molecule has 0 heterocycles. The molecule has 96 valence electrons. The van der Waals surface area contributed by atoms with E-state index in [9.17, 15) is 0 Å². The summed E-state index contributed by atoms with van der Waals surface area (Å²) in [6.07, 6.45) is 2.40. The molecular weight excluding hydrogens is 210 g/mol. The van der Waals surface area contributed by atoms with Crippen LogP contribution in [-0.4, -0.2) is 12.6 Å². The molecule has 0 bridgehead atoms. The molecule has 0 fully saturated rings. The number of nitrogens with two attached hydrogens (primary N) is 1. The van der Waals surface area contributed by atoms with Gasteiger partial charge in [0.1, 0.15) is 0 Å². The molecule has 0 aliphatic carbocycles. The summed E-state index contributed by atoms with van der Waals surface area (Å²) in [4.78, 5) is 0. The minimum absolute atomic E-state index is 0.332. The zero-order chi connectivity index (χ0) is 12.7. The third-order valence-corrected chi connectivity index (χ3v) is 2.79. The topological polar surface area (TPSA) is 35.2 Å². The van der Waals surface area contributed by atoms with Crippen molar-refractivity contribution in [2.75, 3.05) is 6.54 Å². The van der Waals surface area contributed by atoms with E-state index in [4.69, 9.17) is 10.5 Å². The third-order valence-electron chi connectivity index (χ3n) is 2.79. The van der Waals surface area contributed by atoms with Crippen LogP contribution in [0.2, 0.25) is 0 Å². The number of rotatable bonds is 7. The molecule has 0 radical (unpaired) electrons. The van der Waals surface area contributed by atoms with Gasteiger partial charge in [-0.1, -0.05) is 38.1 Å². The highest BCUT2D eigenvalue weighted by molar-refractivity contribution is 5.22. The minimum atomic E-state index is 0.332. The van der Waals surface area contributed by atoms with Gasteiger partial charge >= 0.3 is 0 Å². The fraction of sp³-hybridized carbons (Fsp3) is 0.600. The van der Waals surface area contributed by atoms with Gasteiger partial charge in [-0.3, -0.25) is 0 Å². The van der Waals surface area contributed by atoms with Crippen molar-refractivity contribution in [3.63, 3.8) is 0 Å². The van der Waals surface area contributed by atoms with E-state index in [1.807, 2.05) is 0 Å². The normalized spacial score (nSPS) is 13.0. The SMILES string of the molecule is CC(C)CC(C)OCc1ccc(CCN)cc1. The lowest BCUT2D eigenvalue weighted by atomic mass is 10.1. The average molecular weight is 235 g/mol. The van der Waals surface area contributed by atoms with Gasteiger partial charge in [-0.15, -0.1) is 0 Å². The second-order valence-corrected chi connectivity index (χ2v) is 5.11. The van der Waals surface area contributed by atoms with Gasteiger partial charge < -0.3 is 10.5 Å². The van der Waals surface area contributed by atoms with Crippen molar-refractivity contribution in [3.8, 4) is 0 Å². The summed E-state index contributed by atoms with van der Waals surface area (Å²) in [6.45, 7) is 8.00. The Bertz CT molecular complexity index is 305. The zero-order valence-corrected chi connectivity index (χ0v) is 11.3. The maximum absolute atomic E-state index is 5.81. The van der Waals surface area contributed by atoms with Gasteiger partial charge in [0.25, 0.3) is 0 Å². The smallest absolute Gasteiger partial charge is 0.0720 e. The molecule has 1 aromatic rings. The van der Waals surface area contributed by atoms with Crippen LogP contribution >= 0.6 is 0 Å². The van der Waals surface area contributed by atoms with Gasteiger partial charge in [-0.25, -0.2) is 0 Å².